The fraction of sp³-hybridized carbons (Fsp3) is 0.647. The second-order valence-corrected chi connectivity index (χ2v) is 6.97. The lowest BCUT2D eigenvalue weighted by Gasteiger charge is -2.21. The lowest BCUT2D eigenvalue weighted by atomic mass is 10.1. The van der Waals surface area contributed by atoms with Crippen LogP contribution in [0.3, 0.4) is 0 Å². The highest BCUT2D eigenvalue weighted by molar-refractivity contribution is 7.99. The van der Waals surface area contributed by atoms with E-state index in [1.807, 2.05) is 17.8 Å². The summed E-state index contributed by atoms with van der Waals surface area (Å²) in [7, 11) is 1.50. The smallest absolute Gasteiger partial charge is 0.165 e. The monoisotopic (exact) mass is 311 g/mol. The molecule has 1 aliphatic carbocycles. The molecule has 0 spiro atoms. The average molecular weight is 311 g/mol. The van der Waals surface area contributed by atoms with Crippen LogP contribution in [0.4, 0.5) is 4.39 Å². The molecule has 1 aromatic rings. The molecule has 1 saturated carbocycles. The Hall–Kier alpha value is -0.740. The molecule has 0 radical (unpaired) electrons. The Morgan fingerprint density at radius 2 is 2.14 bits per heavy atom. The summed E-state index contributed by atoms with van der Waals surface area (Å²) in [6.07, 6.45) is 6.48. The van der Waals surface area contributed by atoms with Crippen molar-refractivity contribution in [1.82, 2.24) is 5.32 Å². The molecule has 1 fully saturated rings. The van der Waals surface area contributed by atoms with Gasteiger partial charge < -0.3 is 10.1 Å². The Morgan fingerprint density at radius 1 is 1.38 bits per heavy atom. The van der Waals surface area contributed by atoms with E-state index in [9.17, 15) is 4.39 Å². The van der Waals surface area contributed by atoms with Crippen LogP contribution in [0.2, 0.25) is 0 Å². The third-order valence-corrected chi connectivity index (χ3v) is 5.49. The van der Waals surface area contributed by atoms with Crippen molar-refractivity contribution < 1.29 is 9.13 Å². The van der Waals surface area contributed by atoms with E-state index >= 15 is 0 Å². The minimum atomic E-state index is -0.274. The maximum Gasteiger partial charge on any atom is 0.165 e. The second kappa shape index (κ2) is 8.64. The minimum Gasteiger partial charge on any atom is -0.494 e. The van der Waals surface area contributed by atoms with Gasteiger partial charge in [0.15, 0.2) is 11.6 Å². The SMILES string of the molecule is CCCNC(CSC1CCCC1)c1ccc(OC)c(F)c1. The van der Waals surface area contributed by atoms with Crippen LogP contribution < -0.4 is 10.1 Å². The van der Waals surface area contributed by atoms with Crippen molar-refractivity contribution in [2.24, 2.45) is 0 Å². The van der Waals surface area contributed by atoms with Gasteiger partial charge in [0, 0.05) is 17.0 Å². The molecule has 2 rings (SSSR count). The normalized spacial score (nSPS) is 17.1. The van der Waals surface area contributed by atoms with E-state index in [0.29, 0.717) is 5.75 Å². The molecule has 2 nitrogen and oxygen atoms in total. The molecule has 0 bridgehead atoms. The standard InChI is InChI=1S/C17H26FNOS/c1-3-10-19-16(12-21-14-6-4-5-7-14)13-8-9-17(20-2)15(18)11-13/h8-9,11,14,16,19H,3-7,10,12H2,1-2H3. The lowest BCUT2D eigenvalue weighted by molar-refractivity contribution is 0.385. The third kappa shape index (κ3) is 4.89. The number of ether oxygens (including phenoxy) is 1. The Morgan fingerprint density at radius 3 is 2.76 bits per heavy atom. The van der Waals surface area contributed by atoms with E-state index in [1.165, 1.54) is 32.8 Å². The summed E-state index contributed by atoms with van der Waals surface area (Å²) in [5.74, 6) is 1.05. The summed E-state index contributed by atoms with van der Waals surface area (Å²) < 4.78 is 18.9. The molecule has 0 aromatic heterocycles. The average Bonchev–Trinajstić information content (AvgIpc) is 3.00. The Bertz CT molecular complexity index is 435. The molecule has 21 heavy (non-hydrogen) atoms. The van der Waals surface area contributed by atoms with Crippen molar-refractivity contribution in [3.8, 4) is 5.75 Å². The molecule has 118 valence electrons. The van der Waals surface area contributed by atoms with Crippen molar-refractivity contribution in [2.45, 2.75) is 50.3 Å². The number of hydrogen-bond donors (Lipinski definition) is 1. The van der Waals surface area contributed by atoms with Crippen molar-refractivity contribution >= 4 is 11.8 Å². The van der Waals surface area contributed by atoms with Crippen molar-refractivity contribution in [2.75, 3.05) is 19.4 Å². The number of benzene rings is 1. The summed E-state index contributed by atoms with van der Waals surface area (Å²) in [5.41, 5.74) is 1.02. The number of rotatable bonds is 8. The summed E-state index contributed by atoms with van der Waals surface area (Å²) in [6, 6.07) is 5.54. The fourth-order valence-corrected chi connectivity index (χ4v) is 4.22. The summed E-state index contributed by atoms with van der Waals surface area (Å²) in [5, 5.41) is 4.34. The van der Waals surface area contributed by atoms with E-state index in [1.54, 1.807) is 12.1 Å². The molecule has 0 aliphatic heterocycles. The summed E-state index contributed by atoms with van der Waals surface area (Å²) in [6.45, 7) is 3.12. The molecular formula is C17H26FNOS. The maximum absolute atomic E-state index is 13.9. The molecule has 0 heterocycles. The fourth-order valence-electron chi connectivity index (χ4n) is 2.78. The predicted molar refractivity (Wildman–Crippen MR) is 88.7 cm³/mol. The van der Waals surface area contributed by atoms with E-state index in [-0.39, 0.29) is 11.9 Å². The first-order chi connectivity index (χ1) is 10.2. The van der Waals surface area contributed by atoms with Crippen LogP contribution in [0.15, 0.2) is 18.2 Å². The number of halogens is 1. The van der Waals surface area contributed by atoms with Crippen LogP contribution in [0.1, 0.15) is 50.6 Å². The topological polar surface area (TPSA) is 21.3 Å². The zero-order valence-electron chi connectivity index (χ0n) is 13.0. The van der Waals surface area contributed by atoms with E-state index in [2.05, 4.69) is 12.2 Å². The first kappa shape index (κ1) is 16.6. The largest absolute Gasteiger partial charge is 0.494 e. The van der Waals surface area contributed by atoms with E-state index in [4.69, 9.17) is 4.74 Å². The second-order valence-electron chi connectivity index (χ2n) is 5.64. The van der Waals surface area contributed by atoms with Gasteiger partial charge in [-0.3, -0.25) is 0 Å². The summed E-state index contributed by atoms with van der Waals surface area (Å²) >= 11 is 2.04. The highest BCUT2D eigenvalue weighted by Crippen LogP contribution is 2.32. The van der Waals surface area contributed by atoms with Gasteiger partial charge >= 0.3 is 0 Å². The highest BCUT2D eigenvalue weighted by Gasteiger charge is 2.19. The summed E-state index contributed by atoms with van der Waals surface area (Å²) in [4.78, 5) is 0. The van der Waals surface area contributed by atoms with Gasteiger partial charge in [0.25, 0.3) is 0 Å². The first-order valence-corrected chi connectivity index (χ1v) is 8.98. The highest BCUT2D eigenvalue weighted by atomic mass is 32.2. The molecule has 1 aromatic carbocycles. The van der Waals surface area contributed by atoms with Gasteiger partial charge in [-0.25, -0.2) is 4.39 Å². The molecule has 1 aliphatic rings. The van der Waals surface area contributed by atoms with Crippen LogP contribution in [0.5, 0.6) is 5.75 Å². The molecular weight excluding hydrogens is 285 g/mol. The zero-order chi connectivity index (χ0) is 15.1. The van der Waals surface area contributed by atoms with Gasteiger partial charge in [-0.15, -0.1) is 0 Å². The molecule has 1 unspecified atom stereocenters. The quantitative estimate of drug-likeness (QED) is 0.761. The Kier molecular flexibility index (Phi) is 6.84. The van der Waals surface area contributed by atoms with Gasteiger partial charge in [0.2, 0.25) is 0 Å². The molecule has 1 N–H and O–H groups in total. The number of nitrogens with one attached hydrogen (secondary N) is 1. The van der Waals surface area contributed by atoms with Gasteiger partial charge in [0.05, 0.1) is 7.11 Å². The maximum atomic E-state index is 13.9. The van der Waals surface area contributed by atoms with Crippen LogP contribution in [0.25, 0.3) is 0 Å². The zero-order valence-corrected chi connectivity index (χ0v) is 13.8. The number of thioether (sulfide) groups is 1. The molecule has 1 atom stereocenters. The van der Waals surface area contributed by atoms with Crippen LogP contribution in [0, 0.1) is 5.82 Å². The number of hydrogen-bond acceptors (Lipinski definition) is 3. The van der Waals surface area contributed by atoms with Crippen LogP contribution >= 0.6 is 11.8 Å². The van der Waals surface area contributed by atoms with Gasteiger partial charge in [-0.2, -0.15) is 11.8 Å². The van der Waals surface area contributed by atoms with Crippen molar-refractivity contribution in [3.63, 3.8) is 0 Å². The minimum absolute atomic E-state index is 0.218. The van der Waals surface area contributed by atoms with Gasteiger partial charge in [-0.1, -0.05) is 25.8 Å². The Labute approximate surface area is 131 Å². The lowest BCUT2D eigenvalue weighted by Crippen LogP contribution is -2.25. The first-order valence-electron chi connectivity index (χ1n) is 7.93. The molecule has 0 amide bonds. The molecule has 0 saturated heterocycles. The van der Waals surface area contributed by atoms with Gasteiger partial charge in [-0.05, 0) is 43.5 Å². The number of methoxy groups -OCH3 is 1. The molecule has 4 heteroatoms. The van der Waals surface area contributed by atoms with Crippen molar-refractivity contribution in [3.05, 3.63) is 29.6 Å². The van der Waals surface area contributed by atoms with E-state index < -0.39 is 0 Å². The van der Waals surface area contributed by atoms with Crippen LogP contribution in [-0.2, 0) is 0 Å². The van der Waals surface area contributed by atoms with Crippen molar-refractivity contribution in [1.29, 1.82) is 0 Å². The van der Waals surface area contributed by atoms with E-state index in [0.717, 1.165) is 29.5 Å². The van der Waals surface area contributed by atoms with Gasteiger partial charge in [0.1, 0.15) is 0 Å². The van der Waals surface area contributed by atoms with Crippen LogP contribution in [-0.4, -0.2) is 24.7 Å². The Balaban J connectivity index is 2.01. The third-order valence-electron chi connectivity index (χ3n) is 4.02. The predicted octanol–water partition coefficient (Wildman–Crippen LogP) is 4.55.